The molecule has 0 aliphatic carbocycles. The highest BCUT2D eigenvalue weighted by molar-refractivity contribution is 5.45. The van der Waals surface area contributed by atoms with Crippen LogP contribution in [0.5, 0.6) is 0 Å². The maximum atomic E-state index is 4.22. The van der Waals surface area contributed by atoms with Gasteiger partial charge in [0.05, 0.1) is 6.20 Å². The minimum Gasteiger partial charge on any atom is -0.265 e. The van der Waals surface area contributed by atoms with Crippen molar-refractivity contribution in [2.75, 3.05) is 0 Å². The highest BCUT2D eigenvalue weighted by Crippen LogP contribution is 2.02. The van der Waals surface area contributed by atoms with Crippen LogP contribution in [0.4, 0.5) is 0 Å². The van der Waals surface area contributed by atoms with Gasteiger partial charge in [-0.2, -0.15) is 5.10 Å². The lowest BCUT2D eigenvalue weighted by atomic mass is 10.3. The van der Waals surface area contributed by atoms with Crippen molar-refractivity contribution in [2.24, 2.45) is 0 Å². The third-order valence-corrected chi connectivity index (χ3v) is 2.29. The van der Waals surface area contributed by atoms with Crippen LogP contribution in [0.3, 0.4) is 0 Å². The van der Waals surface area contributed by atoms with Gasteiger partial charge in [0.15, 0.2) is 5.65 Å². The first-order valence-electron chi connectivity index (χ1n) is 5.14. The largest absolute Gasteiger partial charge is 0.265 e. The first-order valence-corrected chi connectivity index (χ1v) is 5.14. The fourth-order valence-corrected chi connectivity index (χ4v) is 1.49. The van der Waals surface area contributed by atoms with Crippen LogP contribution in [0.2, 0.25) is 0 Å². The molecule has 0 saturated carbocycles. The summed E-state index contributed by atoms with van der Waals surface area (Å²) in [5.41, 5.74) is 2.50. The van der Waals surface area contributed by atoms with E-state index in [2.05, 4.69) is 26.9 Å². The lowest BCUT2D eigenvalue weighted by Gasteiger charge is -1.91. The Bertz CT molecular complexity index is 704. The molecule has 3 heterocycles. The fraction of sp³-hybridized carbons (Fsp3) is 0. The van der Waals surface area contributed by atoms with Gasteiger partial charge in [-0.3, -0.25) is 4.98 Å². The molecular weight excluding hydrogens is 212 g/mol. The molecule has 0 aliphatic heterocycles. The zero-order valence-electron chi connectivity index (χ0n) is 8.91. The topological polar surface area (TPSA) is 43.1 Å². The smallest absolute Gasteiger partial charge is 0.154 e. The average Bonchev–Trinajstić information content (AvgIpc) is 2.81. The predicted octanol–water partition coefficient (Wildman–Crippen LogP) is 1.52. The molecule has 0 spiro atoms. The standard InChI is InChI=1S/C13H8N4/c1-2-13-15-10-12(17(13)16-7-1)4-3-11-5-8-14-9-6-11/h1-2,5-10H. The summed E-state index contributed by atoms with van der Waals surface area (Å²) < 4.78 is 1.72. The second kappa shape index (κ2) is 4.06. The second-order valence-corrected chi connectivity index (χ2v) is 3.42. The molecule has 3 aromatic rings. The Morgan fingerprint density at radius 1 is 1.00 bits per heavy atom. The van der Waals surface area contributed by atoms with Crippen molar-refractivity contribution in [1.29, 1.82) is 0 Å². The number of rotatable bonds is 0. The van der Waals surface area contributed by atoms with E-state index in [1.165, 1.54) is 0 Å². The van der Waals surface area contributed by atoms with Crippen molar-refractivity contribution < 1.29 is 0 Å². The molecule has 0 N–H and O–H groups in total. The Morgan fingerprint density at radius 3 is 2.76 bits per heavy atom. The first-order chi connectivity index (χ1) is 8.43. The molecule has 80 valence electrons. The van der Waals surface area contributed by atoms with E-state index in [0.717, 1.165) is 16.9 Å². The molecule has 3 rings (SSSR count). The van der Waals surface area contributed by atoms with E-state index in [1.54, 1.807) is 29.3 Å². The minimum absolute atomic E-state index is 0.775. The number of hydrogen-bond donors (Lipinski definition) is 0. The van der Waals surface area contributed by atoms with E-state index in [1.807, 2.05) is 24.3 Å². The van der Waals surface area contributed by atoms with Crippen LogP contribution < -0.4 is 0 Å². The number of fused-ring (bicyclic) bond motifs is 1. The first kappa shape index (κ1) is 9.55. The molecule has 17 heavy (non-hydrogen) atoms. The van der Waals surface area contributed by atoms with Gasteiger partial charge in [-0.05, 0) is 30.2 Å². The summed E-state index contributed by atoms with van der Waals surface area (Å²) in [6.45, 7) is 0. The molecule has 4 heteroatoms. The number of nitrogens with zero attached hydrogens (tertiary/aromatic N) is 4. The number of hydrogen-bond acceptors (Lipinski definition) is 3. The zero-order chi connectivity index (χ0) is 11.5. The van der Waals surface area contributed by atoms with Crippen molar-refractivity contribution in [3.05, 3.63) is 60.3 Å². The maximum Gasteiger partial charge on any atom is 0.154 e. The van der Waals surface area contributed by atoms with Gasteiger partial charge in [-0.25, -0.2) is 9.50 Å². The molecule has 0 aliphatic rings. The van der Waals surface area contributed by atoms with Crippen molar-refractivity contribution in [2.45, 2.75) is 0 Å². The lowest BCUT2D eigenvalue weighted by molar-refractivity contribution is 0.923. The van der Waals surface area contributed by atoms with Crippen molar-refractivity contribution in [3.63, 3.8) is 0 Å². The molecule has 0 bridgehead atoms. The number of pyridine rings is 1. The fourth-order valence-electron chi connectivity index (χ4n) is 1.49. The summed E-state index contributed by atoms with van der Waals surface area (Å²) in [6.07, 6.45) is 6.87. The van der Waals surface area contributed by atoms with E-state index >= 15 is 0 Å². The highest BCUT2D eigenvalue weighted by Gasteiger charge is 1.98. The zero-order valence-corrected chi connectivity index (χ0v) is 8.91. The van der Waals surface area contributed by atoms with Crippen LogP contribution in [0.25, 0.3) is 5.65 Å². The molecule has 0 fully saturated rings. The van der Waals surface area contributed by atoms with Gasteiger partial charge in [0.25, 0.3) is 0 Å². The minimum atomic E-state index is 0.775. The summed E-state index contributed by atoms with van der Waals surface area (Å²) in [5, 5.41) is 4.19. The normalized spacial score (nSPS) is 9.88. The summed E-state index contributed by atoms with van der Waals surface area (Å²) >= 11 is 0. The SMILES string of the molecule is C(#Cc1cnc2cccnn12)c1ccncc1. The molecule has 0 saturated heterocycles. The molecule has 0 aromatic carbocycles. The molecule has 0 radical (unpaired) electrons. The number of aromatic nitrogens is 4. The Labute approximate surface area is 98.0 Å². The van der Waals surface area contributed by atoms with Gasteiger partial charge >= 0.3 is 0 Å². The number of imidazole rings is 1. The van der Waals surface area contributed by atoms with Crippen molar-refractivity contribution in [3.8, 4) is 11.8 Å². The van der Waals surface area contributed by atoms with Gasteiger partial charge in [-0.15, -0.1) is 0 Å². The van der Waals surface area contributed by atoms with Crippen LogP contribution >= 0.6 is 0 Å². The monoisotopic (exact) mass is 220 g/mol. The van der Waals surface area contributed by atoms with E-state index in [0.29, 0.717) is 0 Å². The Kier molecular flexibility index (Phi) is 2.28. The van der Waals surface area contributed by atoms with Gasteiger partial charge < -0.3 is 0 Å². The van der Waals surface area contributed by atoms with Crippen LogP contribution in [0.1, 0.15) is 11.3 Å². The van der Waals surface area contributed by atoms with E-state index < -0.39 is 0 Å². The van der Waals surface area contributed by atoms with Gasteiger partial charge in [0, 0.05) is 24.2 Å². The molecular formula is C13H8N4. The van der Waals surface area contributed by atoms with Gasteiger partial charge in [-0.1, -0.05) is 5.92 Å². The molecule has 0 unspecified atom stereocenters. The van der Waals surface area contributed by atoms with Crippen LogP contribution in [0.15, 0.2) is 49.1 Å². The Hall–Kier alpha value is -2.67. The Balaban J connectivity index is 2.04. The molecule has 0 atom stereocenters. The molecule has 3 aromatic heterocycles. The van der Waals surface area contributed by atoms with Gasteiger partial charge in [0.2, 0.25) is 0 Å². The quantitative estimate of drug-likeness (QED) is 0.539. The van der Waals surface area contributed by atoms with E-state index in [4.69, 9.17) is 0 Å². The van der Waals surface area contributed by atoms with E-state index in [-0.39, 0.29) is 0 Å². The van der Waals surface area contributed by atoms with Crippen LogP contribution in [-0.2, 0) is 0 Å². The molecule has 4 nitrogen and oxygen atoms in total. The molecule has 0 amide bonds. The third-order valence-electron chi connectivity index (χ3n) is 2.29. The van der Waals surface area contributed by atoms with Crippen LogP contribution in [-0.4, -0.2) is 19.6 Å². The summed E-state index contributed by atoms with van der Waals surface area (Å²) in [4.78, 5) is 8.16. The second-order valence-electron chi connectivity index (χ2n) is 3.42. The maximum absolute atomic E-state index is 4.22. The Morgan fingerprint density at radius 2 is 1.88 bits per heavy atom. The lowest BCUT2D eigenvalue weighted by Crippen LogP contribution is -1.92. The highest BCUT2D eigenvalue weighted by atomic mass is 15.2. The summed E-state index contributed by atoms with van der Waals surface area (Å²) in [5.74, 6) is 6.09. The third kappa shape index (κ3) is 1.86. The van der Waals surface area contributed by atoms with Crippen LogP contribution in [0, 0.1) is 11.8 Å². The van der Waals surface area contributed by atoms with Gasteiger partial charge in [0.1, 0.15) is 5.69 Å². The average molecular weight is 220 g/mol. The van der Waals surface area contributed by atoms with E-state index in [9.17, 15) is 0 Å². The summed E-state index contributed by atoms with van der Waals surface area (Å²) in [7, 11) is 0. The predicted molar refractivity (Wildman–Crippen MR) is 63.2 cm³/mol. The van der Waals surface area contributed by atoms with Crippen molar-refractivity contribution >= 4 is 5.65 Å². The summed E-state index contributed by atoms with van der Waals surface area (Å²) in [6, 6.07) is 7.47. The van der Waals surface area contributed by atoms with Crippen molar-refractivity contribution in [1.82, 2.24) is 19.6 Å².